The summed E-state index contributed by atoms with van der Waals surface area (Å²) in [5, 5.41) is 25.3. The number of hydrogen-bond donors (Lipinski definition) is 3. The van der Waals surface area contributed by atoms with Crippen LogP contribution in [0, 0.1) is 0 Å². The minimum Gasteiger partial charge on any atom is -0.481 e. The van der Waals surface area contributed by atoms with E-state index in [9.17, 15) is 9.90 Å². The highest BCUT2D eigenvalue weighted by molar-refractivity contribution is 5.81. The molecule has 0 bridgehead atoms. The van der Waals surface area contributed by atoms with Crippen LogP contribution in [0.1, 0.15) is 18.9 Å². The quantitative estimate of drug-likeness (QED) is 0.548. The Morgan fingerprint density at radius 2 is 1.84 bits per heavy atom. The topological polar surface area (TPSA) is 94.8 Å². The van der Waals surface area contributed by atoms with Gasteiger partial charge in [-0.1, -0.05) is 30.3 Å². The van der Waals surface area contributed by atoms with Gasteiger partial charge in [-0.05, 0) is 17.2 Å². The summed E-state index contributed by atoms with van der Waals surface area (Å²) in [6.45, 7) is 0.750. The summed E-state index contributed by atoms with van der Waals surface area (Å²) in [6.07, 6.45) is 1.71. The van der Waals surface area contributed by atoms with E-state index < -0.39 is 12.1 Å². The van der Waals surface area contributed by atoms with Gasteiger partial charge >= 0.3 is 0 Å². The summed E-state index contributed by atoms with van der Waals surface area (Å²) < 4.78 is 0. The van der Waals surface area contributed by atoms with Crippen molar-refractivity contribution in [1.82, 2.24) is 0 Å². The lowest BCUT2D eigenvalue weighted by atomic mass is 10.1. The van der Waals surface area contributed by atoms with E-state index in [1.807, 2.05) is 30.3 Å². The normalized spacial score (nSPS) is 12.1. The number of aliphatic hydroxyl groups is 2. The average molecular weight is 266 g/mol. The van der Waals surface area contributed by atoms with Crippen LogP contribution in [0.4, 0.5) is 0 Å². The van der Waals surface area contributed by atoms with Crippen molar-refractivity contribution in [3.8, 4) is 0 Å². The maximum atomic E-state index is 10.7. The third-order valence-corrected chi connectivity index (χ3v) is 1.99. The third kappa shape index (κ3) is 9.70. The third-order valence-electron chi connectivity index (χ3n) is 1.99. The highest BCUT2D eigenvalue weighted by atomic mass is 16.4. The number of carbonyl (C=O) groups excluding carboxylic acids is 1. The number of carboxylic acid groups (broad SMARTS) is 1. The van der Waals surface area contributed by atoms with Crippen molar-refractivity contribution in [2.45, 2.75) is 19.4 Å². The first-order valence-electron chi connectivity index (χ1n) is 5.68. The molecule has 0 aliphatic rings. The van der Waals surface area contributed by atoms with E-state index in [0.717, 1.165) is 12.5 Å². The Balaban J connectivity index is 0.000000711. The van der Waals surface area contributed by atoms with Crippen LogP contribution < -0.4 is 0 Å². The standard InChI is InChI=1S/C12H14O3.C2H4O2/c13-8-11(7-12(15)9-14)6-10-4-2-1-3-5-10;1-2(3)4/h1-6,8,12,14-15H,7,9H2;1H3,(H,3,4). The molecule has 0 aliphatic heterocycles. The highest BCUT2D eigenvalue weighted by Gasteiger charge is 2.05. The van der Waals surface area contributed by atoms with E-state index in [-0.39, 0.29) is 13.0 Å². The second kappa shape index (κ2) is 9.99. The van der Waals surface area contributed by atoms with Crippen LogP contribution in [-0.2, 0) is 9.59 Å². The second-order valence-corrected chi connectivity index (χ2v) is 3.81. The molecule has 5 heteroatoms. The second-order valence-electron chi connectivity index (χ2n) is 3.81. The van der Waals surface area contributed by atoms with E-state index in [1.54, 1.807) is 6.08 Å². The molecule has 0 amide bonds. The largest absolute Gasteiger partial charge is 0.481 e. The molecule has 1 aromatic rings. The summed E-state index contributed by atoms with van der Waals surface area (Å²) >= 11 is 0. The molecule has 0 aromatic heterocycles. The maximum Gasteiger partial charge on any atom is 0.300 e. The number of carbonyl (C=O) groups is 2. The molecular formula is C14H18O5. The zero-order valence-electron chi connectivity index (χ0n) is 10.7. The Hall–Kier alpha value is -1.98. The van der Waals surface area contributed by atoms with Crippen molar-refractivity contribution in [3.63, 3.8) is 0 Å². The summed E-state index contributed by atoms with van der Waals surface area (Å²) in [4.78, 5) is 19.7. The zero-order chi connectivity index (χ0) is 14.7. The lowest BCUT2D eigenvalue weighted by Crippen LogP contribution is -2.12. The van der Waals surface area contributed by atoms with E-state index in [0.29, 0.717) is 11.9 Å². The Morgan fingerprint density at radius 1 is 1.32 bits per heavy atom. The summed E-state index contributed by atoms with van der Waals surface area (Å²) in [5.74, 6) is -0.833. The fraction of sp³-hybridized carbons (Fsp3) is 0.286. The zero-order valence-corrected chi connectivity index (χ0v) is 10.7. The number of carboxylic acids is 1. The first-order valence-corrected chi connectivity index (χ1v) is 5.68. The number of rotatable bonds is 5. The molecule has 19 heavy (non-hydrogen) atoms. The Labute approximate surface area is 111 Å². The Bertz CT molecular complexity index is 407. The number of benzene rings is 1. The van der Waals surface area contributed by atoms with Gasteiger partial charge in [-0.25, -0.2) is 0 Å². The minimum atomic E-state index is -0.870. The molecule has 0 radical (unpaired) electrons. The van der Waals surface area contributed by atoms with Gasteiger partial charge in [-0.3, -0.25) is 9.59 Å². The maximum absolute atomic E-state index is 10.7. The molecule has 0 saturated heterocycles. The number of aliphatic carboxylic acids is 1. The van der Waals surface area contributed by atoms with Crippen LogP contribution in [0.15, 0.2) is 35.9 Å². The number of aldehydes is 1. The molecule has 0 spiro atoms. The summed E-state index contributed by atoms with van der Waals surface area (Å²) in [5.41, 5.74) is 1.38. The summed E-state index contributed by atoms with van der Waals surface area (Å²) in [6, 6.07) is 9.37. The van der Waals surface area contributed by atoms with Gasteiger partial charge in [-0.2, -0.15) is 0 Å². The van der Waals surface area contributed by atoms with Gasteiger partial charge in [0.05, 0.1) is 12.7 Å². The molecule has 0 saturated carbocycles. The van der Waals surface area contributed by atoms with Gasteiger partial charge < -0.3 is 15.3 Å². The molecular weight excluding hydrogens is 248 g/mol. The van der Waals surface area contributed by atoms with E-state index >= 15 is 0 Å². The molecule has 1 unspecified atom stereocenters. The van der Waals surface area contributed by atoms with E-state index in [2.05, 4.69) is 0 Å². The van der Waals surface area contributed by atoms with Crippen molar-refractivity contribution >= 4 is 18.3 Å². The smallest absolute Gasteiger partial charge is 0.300 e. The van der Waals surface area contributed by atoms with Crippen LogP contribution in [0.5, 0.6) is 0 Å². The van der Waals surface area contributed by atoms with Gasteiger partial charge in [0.1, 0.15) is 6.29 Å². The van der Waals surface area contributed by atoms with Crippen LogP contribution in [0.3, 0.4) is 0 Å². The van der Waals surface area contributed by atoms with Crippen molar-refractivity contribution in [2.24, 2.45) is 0 Å². The molecule has 1 aromatic carbocycles. The molecule has 1 rings (SSSR count). The van der Waals surface area contributed by atoms with Gasteiger partial charge in [0.25, 0.3) is 5.97 Å². The molecule has 3 N–H and O–H groups in total. The van der Waals surface area contributed by atoms with Crippen LogP contribution >= 0.6 is 0 Å². The minimum absolute atomic E-state index is 0.175. The highest BCUT2D eigenvalue weighted by Crippen LogP contribution is 2.09. The number of aliphatic hydroxyl groups excluding tert-OH is 2. The van der Waals surface area contributed by atoms with Gasteiger partial charge in [0.2, 0.25) is 0 Å². The molecule has 104 valence electrons. The molecule has 0 aliphatic carbocycles. The summed E-state index contributed by atoms with van der Waals surface area (Å²) in [7, 11) is 0. The van der Waals surface area contributed by atoms with Gasteiger partial charge in [0.15, 0.2) is 0 Å². The monoisotopic (exact) mass is 266 g/mol. The molecule has 5 nitrogen and oxygen atoms in total. The first-order chi connectivity index (χ1) is 8.99. The molecule has 0 fully saturated rings. The van der Waals surface area contributed by atoms with E-state index in [1.165, 1.54) is 0 Å². The van der Waals surface area contributed by atoms with Crippen molar-refractivity contribution in [1.29, 1.82) is 0 Å². The van der Waals surface area contributed by atoms with Crippen molar-refractivity contribution in [3.05, 3.63) is 41.5 Å². The predicted molar refractivity (Wildman–Crippen MR) is 71.5 cm³/mol. The fourth-order valence-electron chi connectivity index (χ4n) is 1.24. The molecule has 0 heterocycles. The fourth-order valence-corrected chi connectivity index (χ4v) is 1.24. The lowest BCUT2D eigenvalue weighted by Gasteiger charge is -2.05. The van der Waals surface area contributed by atoms with Crippen LogP contribution in [0.25, 0.3) is 6.08 Å². The van der Waals surface area contributed by atoms with E-state index in [4.69, 9.17) is 15.0 Å². The number of hydrogen-bond acceptors (Lipinski definition) is 4. The Morgan fingerprint density at radius 3 is 2.26 bits per heavy atom. The van der Waals surface area contributed by atoms with Crippen molar-refractivity contribution < 1.29 is 24.9 Å². The SMILES string of the molecule is CC(=O)O.O=CC(=Cc1ccccc1)CC(O)CO. The van der Waals surface area contributed by atoms with Gasteiger partial charge in [0, 0.05) is 13.3 Å². The average Bonchev–Trinajstić information content (AvgIpc) is 2.38. The first kappa shape index (κ1) is 17.0. The lowest BCUT2D eigenvalue weighted by molar-refractivity contribution is -0.134. The van der Waals surface area contributed by atoms with Crippen LogP contribution in [-0.4, -0.2) is 40.3 Å². The van der Waals surface area contributed by atoms with Gasteiger partial charge in [-0.15, -0.1) is 0 Å². The Kier molecular flexibility index (Phi) is 8.95. The van der Waals surface area contributed by atoms with Crippen LogP contribution in [0.2, 0.25) is 0 Å². The predicted octanol–water partition coefficient (Wildman–Crippen LogP) is 1.10. The van der Waals surface area contributed by atoms with Crippen molar-refractivity contribution in [2.75, 3.05) is 6.61 Å². The molecule has 1 atom stereocenters.